The Hall–Kier alpha value is -1.85. The van der Waals surface area contributed by atoms with Crippen molar-refractivity contribution in [2.75, 3.05) is 6.54 Å². The van der Waals surface area contributed by atoms with Gasteiger partial charge in [-0.25, -0.2) is 9.78 Å². The van der Waals surface area contributed by atoms with E-state index in [0.717, 1.165) is 5.82 Å². The molecule has 0 aromatic carbocycles. The Bertz CT molecular complexity index is 386. The molecule has 1 aromatic heterocycles. The van der Waals surface area contributed by atoms with E-state index >= 15 is 0 Å². The number of urea groups is 1. The minimum absolute atomic E-state index is 0.355. The molecule has 0 aliphatic heterocycles. The number of carbonyl (C=O) groups excluding carboxylic acids is 2. The Morgan fingerprint density at radius 3 is 2.75 bits per heavy atom. The molecule has 0 aliphatic carbocycles. The van der Waals surface area contributed by atoms with Gasteiger partial charge in [0.15, 0.2) is 0 Å². The minimum atomic E-state index is -0.475. The summed E-state index contributed by atoms with van der Waals surface area (Å²) < 4.78 is 1.70. The number of imide groups is 1. The smallest absolute Gasteiger partial charge is 0.321 e. The first-order valence-electron chi connectivity index (χ1n) is 5.14. The van der Waals surface area contributed by atoms with Gasteiger partial charge in [0.1, 0.15) is 11.9 Å². The maximum absolute atomic E-state index is 11.7. The van der Waals surface area contributed by atoms with Gasteiger partial charge in [-0.05, 0) is 20.8 Å². The number of carbonyl (C=O) groups is 2. The van der Waals surface area contributed by atoms with Crippen LogP contribution in [0.25, 0.3) is 0 Å². The number of amides is 3. The molecule has 0 saturated heterocycles. The molecule has 88 valence electrons. The second-order valence-corrected chi connectivity index (χ2v) is 3.41. The molecule has 3 amide bonds. The zero-order valence-electron chi connectivity index (χ0n) is 9.65. The predicted molar refractivity (Wildman–Crippen MR) is 58.9 cm³/mol. The second-order valence-electron chi connectivity index (χ2n) is 3.41. The molecule has 1 atom stereocenters. The second kappa shape index (κ2) is 5.29. The summed E-state index contributed by atoms with van der Waals surface area (Å²) in [5, 5.41) is 4.75. The summed E-state index contributed by atoms with van der Waals surface area (Å²) in [4.78, 5) is 26.8. The number of imidazole rings is 1. The Morgan fingerprint density at radius 2 is 2.25 bits per heavy atom. The summed E-state index contributed by atoms with van der Waals surface area (Å²) in [5.41, 5.74) is 0. The van der Waals surface area contributed by atoms with Gasteiger partial charge in [0.25, 0.3) is 5.91 Å². The van der Waals surface area contributed by atoms with Crippen LogP contribution in [0.5, 0.6) is 0 Å². The standard InChI is InChI=1S/C10H16N4O2/c1-4-11-10(16)13-9(15)7(2)14-6-5-12-8(14)3/h5-7H,4H2,1-3H3,(H2,11,13,15,16). The van der Waals surface area contributed by atoms with E-state index in [9.17, 15) is 9.59 Å². The van der Waals surface area contributed by atoms with Crippen LogP contribution in [0.3, 0.4) is 0 Å². The first-order chi connectivity index (χ1) is 7.56. The fraction of sp³-hybridized carbons (Fsp3) is 0.500. The van der Waals surface area contributed by atoms with Gasteiger partial charge >= 0.3 is 6.03 Å². The normalized spacial score (nSPS) is 11.9. The molecule has 0 radical (unpaired) electrons. The fourth-order valence-corrected chi connectivity index (χ4v) is 1.34. The zero-order valence-corrected chi connectivity index (χ0v) is 9.65. The van der Waals surface area contributed by atoms with Crippen molar-refractivity contribution in [1.29, 1.82) is 0 Å². The SMILES string of the molecule is CCNC(=O)NC(=O)C(C)n1ccnc1C. The van der Waals surface area contributed by atoms with Gasteiger partial charge in [0.05, 0.1) is 0 Å². The fourth-order valence-electron chi connectivity index (χ4n) is 1.34. The van der Waals surface area contributed by atoms with Crippen LogP contribution in [-0.4, -0.2) is 28.0 Å². The van der Waals surface area contributed by atoms with Gasteiger partial charge in [-0.15, -0.1) is 0 Å². The summed E-state index contributed by atoms with van der Waals surface area (Å²) in [7, 11) is 0. The number of hydrogen-bond donors (Lipinski definition) is 2. The topological polar surface area (TPSA) is 76.0 Å². The van der Waals surface area contributed by atoms with E-state index in [1.807, 2.05) is 0 Å². The molecule has 1 rings (SSSR count). The third-order valence-electron chi connectivity index (χ3n) is 2.23. The van der Waals surface area contributed by atoms with E-state index < -0.39 is 12.1 Å². The average molecular weight is 224 g/mol. The maximum Gasteiger partial charge on any atom is 0.321 e. The van der Waals surface area contributed by atoms with Crippen molar-refractivity contribution in [2.45, 2.75) is 26.8 Å². The molecule has 0 bridgehead atoms. The number of aryl methyl sites for hydroxylation is 1. The van der Waals surface area contributed by atoms with Crippen molar-refractivity contribution in [2.24, 2.45) is 0 Å². The lowest BCUT2D eigenvalue weighted by molar-refractivity contribution is -0.122. The number of rotatable bonds is 3. The van der Waals surface area contributed by atoms with Crippen molar-refractivity contribution < 1.29 is 9.59 Å². The molecule has 0 saturated carbocycles. The van der Waals surface area contributed by atoms with Crippen LogP contribution in [0.4, 0.5) is 4.79 Å². The minimum Gasteiger partial charge on any atom is -0.338 e. The van der Waals surface area contributed by atoms with Crippen LogP contribution >= 0.6 is 0 Å². The predicted octanol–water partition coefficient (Wildman–Crippen LogP) is 0.598. The average Bonchev–Trinajstić information content (AvgIpc) is 2.63. The quantitative estimate of drug-likeness (QED) is 0.789. The van der Waals surface area contributed by atoms with Crippen LogP contribution in [0.1, 0.15) is 25.7 Å². The first-order valence-corrected chi connectivity index (χ1v) is 5.14. The third kappa shape index (κ3) is 2.82. The van der Waals surface area contributed by atoms with E-state index in [2.05, 4.69) is 15.6 Å². The number of aromatic nitrogens is 2. The molecule has 16 heavy (non-hydrogen) atoms. The summed E-state index contributed by atoms with van der Waals surface area (Å²) in [6.07, 6.45) is 3.32. The van der Waals surface area contributed by atoms with Crippen LogP contribution in [0.15, 0.2) is 12.4 Å². The number of nitrogens with zero attached hydrogens (tertiary/aromatic N) is 2. The molecular weight excluding hydrogens is 208 g/mol. The maximum atomic E-state index is 11.7. The summed E-state index contributed by atoms with van der Waals surface area (Å²) >= 11 is 0. The molecular formula is C10H16N4O2. The molecule has 0 spiro atoms. The highest BCUT2D eigenvalue weighted by molar-refractivity contribution is 5.96. The Kier molecular flexibility index (Phi) is 4.04. The Morgan fingerprint density at radius 1 is 1.56 bits per heavy atom. The van der Waals surface area contributed by atoms with Crippen molar-refractivity contribution in [3.63, 3.8) is 0 Å². The van der Waals surface area contributed by atoms with Gasteiger partial charge in [0.2, 0.25) is 0 Å². The van der Waals surface area contributed by atoms with Gasteiger partial charge in [-0.1, -0.05) is 0 Å². The number of hydrogen-bond acceptors (Lipinski definition) is 3. The molecule has 0 fully saturated rings. The third-order valence-corrected chi connectivity index (χ3v) is 2.23. The highest BCUT2D eigenvalue weighted by Crippen LogP contribution is 2.07. The lowest BCUT2D eigenvalue weighted by Gasteiger charge is -2.14. The van der Waals surface area contributed by atoms with E-state index in [1.54, 1.807) is 37.7 Å². The van der Waals surface area contributed by atoms with Crippen molar-refractivity contribution in [3.8, 4) is 0 Å². The molecule has 6 heteroatoms. The van der Waals surface area contributed by atoms with Gasteiger partial charge in [-0.2, -0.15) is 0 Å². The van der Waals surface area contributed by atoms with Crippen LogP contribution in [0, 0.1) is 6.92 Å². The van der Waals surface area contributed by atoms with Crippen LogP contribution < -0.4 is 10.6 Å². The first kappa shape index (κ1) is 12.2. The van der Waals surface area contributed by atoms with E-state index in [0.29, 0.717) is 6.54 Å². The highest BCUT2D eigenvalue weighted by atomic mass is 16.2. The summed E-state index contributed by atoms with van der Waals surface area (Å²) in [5.74, 6) is 0.380. The monoisotopic (exact) mass is 224 g/mol. The van der Waals surface area contributed by atoms with E-state index in [1.165, 1.54) is 0 Å². The van der Waals surface area contributed by atoms with Crippen molar-refractivity contribution in [3.05, 3.63) is 18.2 Å². The zero-order chi connectivity index (χ0) is 12.1. The van der Waals surface area contributed by atoms with Gasteiger partial charge in [0, 0.05) is 18.9 Å². The van der Waals surface area contributed by atoms with Gasteiger partial charge < -0.3 is 9.88 Å². The Labute approximate surface area is 94.0 Å². The highest BCUT2D eigenvalue weighted by Gasteiger charge is 2.17. The van der Waals surface area contributed by atoms with Crippen molar-refractivity contribution >= 4 is 11.9 Å². The van der Waals surface area contributed by atoms with E-state index in [4.69, 9.17) is 0 Å². The number of nitrogens with one attached hydrogen (secondary N) is 2. The molecule has 2 N–H and O–H groups in total. The van der Waals surface area contributed by atoms with Crippen molar-refractivity contribution in [1.82, 2.24) is 20.2 Å². The molecule has 6 nitrogen and oxygen atoms in total. The molecule has 1 heterocycles. The van der Waals surface area contributed by atoms with E-state index in [-0.39, 0.29) is 5.91 Å². The Balaban J connectivity index is 2.61. The summed E-state index contributed by atoms with van der Waals surface area (Å²) in [6, 6.07) is -0.928. The largest absolute Gasteiger partial charge is 0.338 e. The van der Waals surface area contributed by atoms with Gasteiger partial charge in [-0.3, -0.25) is 10.1 Å². The summed E-state index contributed by atoms with van der Waals surface area (Å²) in [6.45, 7) is 5.78. The molecule has 0 aliphatic rings. The lowest BCUT2D eigenvalue weighted by atomic mass is 10.3. The lowest BCUT2D eigenvalue weighted by Crippen LogP contribution is -2.42. The molecule has 1 unspecified atom stereocenters. The molecule has 1 aromatic rings. The van der Waals surface area contributed by atoms with Crippen LogP contribution in [0.2, 0.25) is 0 Å². The van der Waals surface area contributed by atoms with Crippen LogP contribution in [-0.2, 0) is 4.79 Å².